The van der Waals surface area contributed by atoms with Gasteiger partial charge in [0.1, 0.15) is 23.7 Å². The smallest absolute Gasteiger partial charge is 0.268 e. The maximum absolute atomic E-state index is 13.0. The molecule has 2 saturated heterocycles. The summed E-state index contributed by atoms with van der Waals surface area (Å²) in [5.74, 6) is 1.05. The van der Waals surface area contributed by atoms with Gasteiger partial charge >= 0.3 is 0 Å². The number of carbonyl (C=O) groups is 1. The SMILES string of the molecule is O=C(c1scc2c1OCCO2)N1CCOC[C@@](O)(CN2CCCC2)C1. The third-order valence-corrected chi connectivity index (χ3v) is 5.79. The number of rotatable bonds is 3. The topological polar surface area (TPSA) is 71.5 Å². The monoisotopic (exact) mass is 368 g/mol. The molecule has 0 aliphatic carbocycles. The minimum Gasteiger partial charge on any atom is -0.485 e. The minimum absolute atomic E-state index is 0.123. The molecule has 0 spiro atoms. The number of β-amino-alcohol motifs (C(OH)–C–C–N with tert-alkyl or cyclic N) is 1. The molecule has 1 amide bonds. The van der Waals surface area contributed by atoms with Crippen LogP contribution in [0.5, 0.6) is 11.5 Å². The van der Waals surface area contributed by atoms with Gasteiger partial charge in [0.15, 0.2) is 11.5 Å². The molecular formula is C17H24N2O5S. The van der Waals surface area contributed by atoms with Crippen LogP contribution >= 0.6 is 11.3 Å². The first kappa shape index (κ1) is 17.1. The van der Waals surface area contributed by atoms with Gasteiger partial charge in [0, 0.05) is 18.5 Å². The Labute approximate surface area is 151 Å². The number of hydrogen-bond donors (Lipinski definition) is 1. The first-order valence-electron chi connectivity index (χ1n) is 8.83. The molecule has 3 aliphatic heterocycles. The lowest BCUT2D eigenvalue weighted by atomic mass is 10.0. The molecule has 4 rings (SSSR count). The Bertz CT molecular complexity index is 631. The normalized spacial score (nSPS) is 27.3. The van der Waals surface area contributed by atoms with Crippen LogP contribution in [0, 0.1) is 0 Å². The van der Waals surface area contributed by atoms with Crippen LogP contribution in [0.25, 0.3) is 0 Å². The molecule has 0 radical (unpaired) electrons. The molecule has 8 heteroatoms. The fourth-order valence-electron chi connectivity index (χ4n) is 3.70. The summed E-state index contributed by atoms with van der Waals surface area (Å²) in [5, 5.41) is 12.9. The van der Waals surface area contributed by atoms with Crippen molar-refractivity contribution in [2.24, 2.45) is 0 Å². The first-order valence-corrected chi connectivity index (χ1v) is 9.71. The van der Waals surface area contributed by atoms with Gasteiger partial charge in [-0.15, -0.1) is 11.3 Å². The van der Waals surface area contributed by atoms with E-state index in [9.17, 15) is 9.90 Å². The second-order valence-electron chi connectivity index (χ2n) is 6.94. The second-order valence-corrected chi connectivity index (χ2v) is 7.82. The second kappa shape index (κ2) is 7.11. The fraction of sp³-hybridized carbons (Fsp3) is 0.706. The molecular weight excluding hydrogens is 344 g/mol. The van der Waals surface area contributed by atoms with E-state index < -0.39 is 5.60 Å². The molecule has 138 valence electrons. The Morgan fingerprint density at radius 1 is 1.20 bits per heavy atom. The van der Waals surface area contributed by atoms with Crippen molar-refractivity contribution < 1.29 is 24.1 Å². The highest BCUT2D eigenvalue weighted by Crippen LogP contribution is 2.40. The van der Waals surface area contributed by atoms with Crippen LogP contribution < -0.4 is 9.47 Å². The van der Waals surface area contributed by atoms with E-state index in [2.05, 4.69) is 4.90 Å². The van der Waals surface area contributed by atoms with Gasteiger partial charge in [0.2, 0.25) is 0 Å². The number of hydrogen-bond acceptors (Lipinski definition) is 7. The Morgan fingerprint density at radius 3 is 2.84 bits per heavy atom. The van der Waals surface area contributed by atoms with E-state index in [0.717, 1.165) is 25.9 Å². The average Bonchev–Trinajstić information content (AvgIpc) is 3.22. The zero-order valence-corrected chi connectivity index (χ0v) is 15.1. The van der Waals surface area contributed by atoms with Gasteiger partial charge in [-0.05, 0) is 25.9 Å². The summed E-state index contributed by atoms with van der Waals surface area (Å²) in [7, 11) is 0. The van der Waals surface area contributed by atoms with Crippen molar-refractivity contribution in [1.82, 2.24) is 9.80 Å². The lowest BCUT2D eigenvalue weighted by Gasteiger charge is -2.34. The van der Waals surface area contributed by atoms with Crippen molar-refractivity contribution in [2.45, 2.75) is 18.4 Å². The van der Waals surface area contributed by atoms with Crippen LogP contribution in [0.2, 0.25) is 0 Å². The third kappa shape index (κ3) is 3.62. The minimum atomic E-state index is -1.04. The summed E-state index contributed by atoms with van der Waals surface area (Å²) in [5.41, 5.74) is -1.04. The Hall–Kier alpha value is -1.35. The average molecular weight is 368 g/mol. The predicted molar refractivity (Wildman–Crippen MR) is 92.7 cm³/mol. The van der Waals surface area contributed by atoms with E-state index in [0.29, 0.717) is 49.3 Å². The van der Waals surface area contributed by atoms with Crippen molar-refractivity contribution >= 4 is 17.2 Å². The maximum atomic E-state index is 13.0. The number of fused-ring (bicyclic) bond motifs is 1. The van der Waals surface area contributed by atoms with E-state index in [4.69, 9.17) is 14.2 Å². The van der Waals surface area contributed by atoms with Crippen LogP contribution in [0.1, 0.15) is 22.5 Å². The molecule has 25 heavy (non-hydrogen) atoms. The Balaban J connectivity index is 1.50. The van der Waals surface area contributed by atoms with E-state index in [1.165, 1.54) is 11.3 Å². The van der Waals surface area contributed by atoms with Gasteiger partial charge < -0.3 is 29.1 Å². The number of carbonyl (C=O) groups excluding carboxylic acids is 1. The van der Waals surface area contributed by atoms with Crippen molar-refractivity contribution in [1.29, 1.82) is 0 Å². The zero-order valence-electron chi connectivity index (χ0n) is 14.2. The summed E-state index contributed by atoms with van der Waals surface area (Å²) >= 11 is 1.33. The van der Waals surface area contributed by atoms with Gasteiger partial charge in [-0.2, -0.15) is 0 Å². The van der Waals surface area contributed by atoms with E-state index in [-0.39, 0.29) is 19.1 Å². The van der Waals surface area contributed by atoms with E-state index in [1.807, 2.05) is 5.38 Å². The van der Waals surface area contributed by atoms with E-state index >= 15 is 0 Å². The molecule has 1 aromatic heterocycles. The number of nitrogens with zero attached hydrogens (tertiary/aromatic N) is 2. The molecule has 2 fully saturated rings. The van der Waals surface area contributed by atoms with Crippen molar-refractivity contribution in [3.8, 4) is 11.5 Å². The van der Waals surface area contributed by atoms with E-state index in [1.54, 1.807) is 4.90 Å². The van der Waals surface area contributed by atoms with Gasteiger partial charge in [-0.3, -0.25) is 4.79 Å². The summed E-state index contributed by atoms with van der Waals surface area (Å²) in [6.07, 6.45) is 2.33. The first-order chi connectivity index (χ1) is 12.1. The largest absolute Gasteiger partial charge is 0.485 e. The van der Waals surface area contributed by atoms with Crippen LogP contribution in [0.3, 0.4) is 0 Å². The van der Waals surface area contributed by atoms with Gasteiger partial charge in [-0.1, -0.05) is 0 Å². The Kier molecular flexibility index (Phi) is 4.86. The number of likely N-dealkylation sites (tertiary alicyclic amines) is 1. The number of ether oxygens (including phenoxy) is 3. The molecule has 0 unspecified atom stereocenters. The maximum Gasteiger partial charge on any atom is 0.268 e. The highest BCUT2D eigenvalue weighted by atomic mass is 32.1. The van der Waals surface area contributed by atoms with Gasteiger partial charge in [0.25, 0.3) is 5.91 Å². The van der Waals surface area contributed by atoms with Crippen molar-refractivity contribution in [3.63, 3.8) is 0 Å². The highest BCUT2D eigenvalue weighted by molar-refractivity contribution is 7.12. The zero-order chi connectivity index (χ0) is 17.3. The summed E-state index contributed by atoms with van der Waals surface area (Å²) < 4.78 is 16.8. The summed E-state index contributed by atoms with van der Waals surface area (Å²) in [4.78, 5) is 17.5. The molecule has 3 aliphatic rings. The van der Waals surface area contributed by atoms with Crippen LogP contribution in [0.4, 0.5) is 0 Å². The molecule has 0 saturated carbocycles. The van der Waals surface area contributed by atoms with Crippen LogP contribution in [0.15, 0.2) is 5.38 Å². The number of aliphatic hydroxyl groups is 1. The predicted octanol–water partition coefficient (Wildman–Crippen LogP) is 0.819. The molecule has 1 aromatic rings. The van der Waals surface area contributed by atoms with Crippen molar-refractivity contribution in [3.05, 3.63) is 10.3 Å². The summed E-state index contributed by atoms with van der Waals surface area (Å²) in [6.45, 7) is 4.92. The standard InChI is InChI=1S/C17H24N2O5S/c20-16(15-14-13(9-25-15)23-7-8-24-14)19-5-6-22-12-17(21,11-19)10-18-3-1-2-4-18/h9,21H,1-8,10-12H2/t17-/m1/s1. The highest BCUT2D eigenvalue weighted by Gasteiger charge is 2.38. The third-order valence-electron chi connectivity index (χ3n) is 4.86. The van der Waals surface area contributed by atoms with Crippen molar-refractivity contribution in [2.75, 3.05) is 59.2 Å². The van der Waals surface area contributed by atoms with Gasteiger partial charge in [-0.25, -0.2) is 0 Å². The molecule has 1 N–H and O–H groups in total. The van der Waals surface area contributed by atoms with Gasteiger partial charge in [0.05, 0.1) is 19.8 Å². The van der Waals surface area contributed by atoms with Crippen LogP contribution in [-0.4, -0.2) is 85.6 Å². The molecule has 0 bridgehead atoms. The summed E-state index contributed by atoms with van der Waals surface area (Å²) in [6, 6.07) is 0. The number of thiophene rings is 1. The molecule has 1 atom stereocenters. The lowest BCUT2D eigenvalue weighted by molar-refractivity contribution is -0.0524. The lowest BCUT2D eigenvalue weighted by Crippen LogP contribution is -2.52. The molecule has 0 aromatic carbocycles. The Morgan fingerprint density at radius 2 is 2.00 bits per heavy atom. The number of amides is 1. The molecule has 4 heterocycles. The molecule has 7 nitrogen and oxygen atoms in total. The quantitative estimate of drug-likeness (QED) is 0.852. The fourth-order valence-corrected chi connectivity index (χ4v) is 4.59. The van der Waals surface area contributed by atoms with Crippen LogP contribution in [-0.2, 0) is 4.74 Å².